The number of H-pyrrole nitrogens is 1. The van der Waals surface area contributed by atoms with Crippen LogP contribution >= 0.6 is 0 Å². The second-order valence-corrected chi connectivity index (χ2v) is 6.03. The molecule has 2 N–H and O–H groups in total. The fraction of sp³-hybridized carbons (Fsp3) is 0.412. The molecule has 0 bridgehead atoms. The first-order valence-electron chi connectivity index (χ1n) is 7.99. The molecule has 1 amide bonds. The highest BCUT2D eigenvalue weighted by Gasteiger charge is 2.24. The van der Waals surface area contributed by atoms with Crippen molar-refractivity contribution in [2.24, 2.45) is 0 Å². The van der Waals surface area contributed by atoms with Crippen LogP contribution in [0.15, 0.2) is 10.6 Å². The van der Waals surface area contributed by atoms with Gasteiger partial charge in [0.1, 0.15) is 11.5 Å². The molecule has 0 saturated carbocycles. The highest BCUT2D eigenvalue weighted by atomic mass is 16.5. The van der Waals surface area contributed by atoms with Gasteiger partial charge in [0, 0.05) is 11.8 Å². The molecule has 2 rings (SSSR count). The lowest BCUT2D eigenvalue weighted by Gasteiger charge is -2.08. The molecule has 0 aliphatic heterocycles. The van der Waals surface area contributed by atoms with Crippen molar-refractivity contribution in [1.82, 2.24) is 10.1 Å². The molecule has 0 spiro atoms. The molecule has 0 atom stereocenters. The van der Waals surface area contributed by atoms with Crippen molar-refractivity contribution in [1.29, 1.82) is 0 Å². The Kier molecular flexibility index (Phi) is 5.81. The van der Waals surface area contributed by atoms with Crippen LogP contribution < -0.4 is 5.32 Å². The number of carbonyl (C=O) groups excluding carboxylic acids is 3. The highest BCUT2D eigenvalue weighted by molar-refractivity contribution is 5.99. The van der Waals surface area contributed by atoms with E-state index >= 15 is 0 Å². The molecular weight excluding hydrogens is 342 g/mol. The number of hydrogen-bond acceptors (Lipinski definition) is 7. The minimum atomic E-state index is -0.749. The van der Waals surface area contributed by atoms with E-state index in [1.807, 2.05) is 0 Å². The molecule has 0 aliphatic rings. The molecule has 0 radical (unpaired) electrons. The van der Waals surface area contributed by atoms with Crippen LogP contribution in [0.2, 0.25) is 0 Å². The van der Waals surface area contributed by atoms with Gasteiger partial charge in [-0.1, -0.05) is 5.16 Å². The van der Waals surface area contributed by atoms with E-state index in [0.717, 1.165) is 0 Å². The summed E-state index contributed by atoms with van der Waals surface area (Å²) in [7, 11) is 0. The summed E-state index contributed by atoms with van der Waals surface area (Å²) in [6, 6.07) is 1.53. The molecule has 0 aliphatic carbocycles. The van der Waals surface area contributed by atoms with E-state index in [0.29, 0.717) is 17.0 Å². The number of aromatic nitrogens is 2. The molecule has 9 nitrogen and oxygen atoms in total. The number of rotatable bonds is 6. The number of anilines is 1. The van der Waals surface area contributed by atoms with Crippen LogP contribution in [0.3, 0.4) is 0 Å². The summed E-state index contributed by atoms with van der Waals surface area (Å²) in [6.07, 6.45) is -0.282. The zero-order valence-electron chi connectivity index (χ0n) is 15.3. The summed E-state index contributed by atoms with van der Waals surface area (Å²) < 4.78 is 15.0. The van der Waals surface area contributed by atoms with Crippen LogP contribution in [-0.2, 0) is 14.3 Å². The molecule has 0 aromatic carbocycles. The van der Waals surface area contributed by atoms with E-state index in [2.05, 4.69) is 15.5 Å². The fourth-order valence-corrected chi connectivity index (χ4v) is 2.34. The lowest BCUT2D eigenvalue weighted by Crippen LogP contribution is -2.21. The molecule has 9 heteroatoms. The smallest absolute Gasteiger partial charge is 0.355 e. The zero-order valence-corrected chi connectivity index (χ0v) is 15.3. The van der Waals surface area contributed by atoms with Crippen molar-refractivity contribution in [2.45, 2.75) is 40.7 Å². The zero-order chi connectivity index (χ0) is 19.4. The Labute approximate surface area is 150 Å². The lowest BCUT2D eigenvalue weighted by atomic mass is 10.1. The average Bonchev–Trinajstić information content (AvgIpc) is 3.07. The van der Waals surface area contributed by atoms with Crippen molar-refractivity contribution < 1.29 is 28.4 Å². The first kappa shape index (κ1) is 19.2. The maximum atomic E-state index is 12.2. The van der Waals surface area contributed by atoms with Gasteiger partial charge in [-0.05, 0) is 40.2 Å². The number of aromatic amines is 1. The number of nitrogens with zero attached hydrogens (tertiary/aromatic N) is 1. The van der Waals surface area contributed by atoms with Gasteiger partial charge in [0.05, 0.1) is 11.7 Å². The first-order chi connectivity index (χ1) is 12.2. The van der Waals surface area contributed by atoms with Gasteiger partial charge in [0.15, 0.2) is 12.4 Å². The van der Waals surface area contributed by atoms with Crippen molar-refractivity contribution in [3.8, 4) is 0 Å². The highest BCUT2D eigenvalue weighted by Crippen LogP contribution is 2.20. The minimum absolute atomic E-state index is 0.100. The summed E-state index contributed by atoms with van der Waals surface area (Å²) in [6.45, 7) is 7.91. The van der Waals surface area contributed by atoms with Crippen LogP contribution in [0.25, 0.3) is 0 Å². The van der Waals surface area contributed by atoms with Gasteiger partial charge in [-0.25, -0.2) is 9.59 Å². The first-order valence-corrected chi connectivity index (χ1v) is 7.99. The summed E-state index contributed by atoms with van der Waals surface area (Å²) in [5.74, 6) is -1.07. The molecule has 0 saturated heterocycles. The Hall–Kier alpha value is -3.10. The largest absolute Gasteiger partial charge is 0.459 e. The number of hydrogen-bond donors (Lipinski definition) is 2. The number of nitrogens with one attached hydrogen (secondary N) is 2. The number of esters is 2. The molecule has 2 aromatic heterocycles. The van der Waals surface area contributed by atoms with Crippen molar-refractivity contribution in [3.05, 3.63) is 34.3 Å². The maximum Gasteiger partial charge on any atom is 0.355 e. The van der Waals surface area contributed by atoms with Crippen LogP contribution in [0, 0.1) is 20.8 Å². The van der Waals surface area contributed by atoms with Gasteiger partial charge in [-0.2, -0.15) is 0 Å². The Morgan fingerprint density at radius 3 is 2.50 bits per heavy atom. The molecule has 140 valence electrons. The third kappa shape index (κ3) is 4.50. The third-order valence-electron chi connectivity index (χ3n) is 3.42. The number of amides is 1. The summed E-state index contributed by atoms with van der Waals surface area (Å²) in [5.41, 5.74) is 1.28. The average molecular weight is 363 g/mol. The number of ether oxygens (including phenoxy) is 2. The van der Waals surface area contributed by atoms with Gasteiger partial charge >= 0.3 is 11.9 Å². The predicted molar refractivity (Wildman–Crippen MR) is 91.0 cm³/mol. The Bertz CT molecular complexity index is 834. The van der Waals surface area contributed by atoms with E-state index in [-0.39, 0.29) is 23.2 Å². The quantitative estimate of drug-likeness (QED) is 0.755. The summed E-state index contributed by atoms with van der Waals surface area (Å²) in [4.78, 5) is 38.9. The molecule has 2 aromatic rings. The van der Waals surface area contributed by atoms with E-state index in [9.17, 15) is 14.4 Å². The monoisotopic (exact) mass is 363 g/mol. The topological polar surface area (TPSA) is 124 Å². The van der Waals surface area contributed by atoms with Crippen LogP contribution in [0.5, 0.6) is 0 Å². The van der Waals surface area contributed by atoms with E-state index < -0.39 is 24.5 Å². The predicted octanol–water partition coefficient (Wildman–Crippen LogP) is 2.29. The normalized spacial score (nSPS) is 10.7. The van der Waals surface area contributed by atoms with Crippen molar-refractivity contribution in [3.63, 3.8) is 0 Å². The maximum absolute atomic E-state index is 12.2. The van der Waals surface area contributed by atoms with Gasteiger partial charge in [0.2, 0.25) is 0 Å². The number of carbonyl (C=O) groups is 3. The molecular formula is C17H21N3O6. The lowest BCUT2D eigenvalue weighted by molar-refractivity contribution is -0.119. The Balaban J connectivity index is 2.01. The van der Waals surface area contributed by atoms with Crippen molar-refractivity contribution in [2.75, 3.05) is 11.9 Å². The molecule has 0 fully saturated rings. The van der Waals surface area contributed by atoms with Gasteiger partial charge in [0.25, 0.3) is 5.91 Å². The molecule has 26 heavy (non-hydrogen) atoms. The molecule has 0 unspecified atom stereocenters. The van der Waals surface area contributed by atoms with Crippen LogP contribution in [0.1, 0.15) is 51.7 Å². The van der Waals surface area contributed by atoms with Crippen LogP contribution in [-0.4, -0.2) is 40.7 Å². The van der Waals surface area contributed by atoms with Gasteiger partial charge < -0.3 is 24.3 Å². The fourth-order valence-electron chi connectivity index (χ4n) is 2.34. The minimum Gasteiger partial charge on any atom is -0.459 e. The van der Waals surface area contributed by atoms with E-state index in [4.69, 9.17) is 14.0 Å². The number of aryl methyl sites for hydroxylation is 2. The summed E-state index contributed by atoms with van der Waals surface area (Å²) >= 11 is 0. The van der Waals surface area contributed by atoms with E-state index in [1.54, 1.807) is 34.6 Å². The standard InChI is InChI=1S/C17H21N3O6/c1-8(2)25-16(22)14-10(4)15(18-11(14)5)17(23)24-7-13(21)19-12-6-9(3)26-20-12/h6,8,18H,7H2,1-5H3,(H,19,20,21). The van der Waals surface area contributed by atoms with Gasteiger partial charge in [-0.15, -0.1) is 0 Å². The second kappa shape index (κ2) is 7.85. The summed E-state index contributed by atoms with van der Waals surface area (Å²) in [5, 5.41) is 6.04. The SMILES string of the molecule is Cc1cc(NC(=O)COC(=O)c2[nH]c(C)c(C(=O)OC(C)C)c2C)no1. The van der Waals surface area contributed by atoms with Crippen LogP contribution in [0.4, 0.5) is 5.82 Å². The van der Waals surface area contributed by atoms with Gasteiger partial charge in [-0.3, -0.25) is 4.79 Å². The van der Waals surface area contributed by atoms with E-state index in [1.165, 1.54) is 6.07 Å². The second-order valence-electron chi connectivity index (χ2n) is 6.03. The third-order valence-corrected chi connectivity index (χ3v) is 3.42. The van der Waals surface area contributed by atoms with Crippen molar-refractivity contribution >= 4 is 23.7 Å². The molecule has 2 heterocycles. The Morgan fingerprint density at radius 1 is 1.23 bits per heavy atom. The Morgan fingerprint density at radius 2 is 1.92 bits per heavy atom.